The first-order chi connectivity index (χ1) is 7.99. The Morgan fingerprint density at radius 1 is 1.24 bits per heavy atom. The van der Waals surface area contributed by atoms with E-state index < -0.39 is 0 Å². The van der Waals surface area contributed by atoms with Gasteiger partial charge in [-0.1, -0.05) is 13.8 Å². The van der Waals surface area contributed by atoms with Gasteiger partial charge in [-0.05, 0) is 13.8 Å². The average Bonchev–Trinajstić information content (AvgIpc) is 2.59. The Labute approximate surface area is 105 Å². The molecule has 0 unspecified atom stereocenters. The van der Waals surface area contributed by atoms with Gasteiger partial charge in [0, 0.05) is 11.3 Å². The Balaban J connectivity index is 2.61. The molecule has 0 aliphatic carbocycles. The van der Waals surface area contributed by atoms with Crippen LogP contribution in [0, 0.1) is 0 Å². The Morgan fingerprint density at radius 3 is 2.53 bits per heavy atom. The molecular weight excluding hydrogens is 234 g/mol. The quantitative estimate of drug-likeness (QED) is 0.670. The van der Waals surface area contributed by atoms with Crippen molar-refractivity contribution in [1.29, 1.82) is 0 Å². The van der Waals surface area contributed by atoms with Crippen LogP contribution in [-0.2, 0) is 0 Å². The summed E-state index contributed by atoms with van der Waals surface area (Å²) >= 11 is 1.66. The van der Waals surface area contributed by atoms with Crippen molar-refractivity contribution in [3.05, 3.63) is 6.33 Å². The van der Waals surface area contributed by atoms with Gasteiger partial charge in [0.1, 0.15) is 10.5 Å². The van der Waals surface area contributed by atoms with E-state index >= 15 is 0 Å². The second-order valence-electron chi connectivity index (χ2n) is 4.47. The summed E-state index contributed by atoms with van der Waals surface area (Å²) in [6.07, 6.45) is 1.80. The highest BCUT2D eigenvalue weighted by Crippen LogP contribution is 2.28. The summed E-state index contributed by atoms with van der Waals surface area (Å²) in [5, 5.41) is 1.30. The summed E-state index contributed by atoms with van der Waals surface area (Å²) in [5.74, 6) is 0.308. The predicted octanol–water partition coefficient (Wildman–Crippen LogP) is 2.49. The summed E-state index contributed by atoms with van der Waals surface area (Å²) < 4.78 is 2.01. The monoisotopic (exact) mass is 251 g/mol. The minimum Gasteiger partial charge on any atom is -0.368 e. The summed E-state index contributed by atoms with van der Waals surface area (Å²) in [6, 6.07) is 0.311. The zero-order valence-electron chi connectivity index (χ0n) is 10.5. The van der Waals surface area contributed by atoms with Crippen molar-refractivity contribution in [1.82, 2.24) is 19.5 Å². The number of rotatable bonds is 3. The number of thioether (sulfide) groups is 1. The summed E-state index contributed by atoms with van der Waals surface area (Å²) in [6.45, 7) is 8.42. The van der Waals surface area contributed by atoms with E-state index in [0.29, 0.717) is 17.2 Å². The van der Waals surface area contributed by atoms with Crippen LogP contribution in [0.15, 0.2) is 11.4 Å². The standard InChI is InChI=1S/C11H17N5S/c1-6(2)16-5-13-8-9(16)14-11(12)15-10(8)17-7(3)4/h5-7H,1-4H3,(H2,12,14,15). The molecule has 0 fully saturated rings. The van der Waals surface area contributed by atoms with Crippen molar-refractivity contribution in [2.24, 2.45) is 0 Å². The van der Waals surface area contributed by atoms with Crippen LogP contribution in [0.4, 0.5) is 5.95 Å². The number of imidazole rings is 1. The van der Waals surface area contributed by atoms with E-state index in [2.05, 4.69) is 42.6 Å². The smallest absolute Gasteiger partial charge is 0.223 e. The van der Waals surface area contributed by atoms with E-state index in [4.69, 9.17) is 5.73 Å². The maximum absolute atomic E-state index is 5.75. The second kappa shape index (κ2) is 4.52. The van der Waals surface area contributed by atoms with Gasteiger partial charge >= 0.3 is 0 Å². The molecule has 0 saturated heterocycles. The highest BCUT2D eigenvalue weighted by Gasteiger charge is 2.14. The minimum absolute atomic E-state index is 0.308. The van der Waals surface area contributed by atoms with E-state index in [0.717, 1.165) is 16.2 Å². The third-order valence-electron chi connectivity index (χ3n) is 2.31. The molecule has 2 aromatic heterocycles. The summed E-state index contributed by atoms with van der Waals surface area (Å²) in [4.78, 5) is 12.9. The molecule has 6 heteroatoms. The number of hydrogen-bond acceptors (Lipinski definition) is 5. The molecule has 2 rings (SSSR count). The van der Waals surface area contributed by atoms with Crippen LogP contribution in [-0.4, -0.2) is 24.8 Å². The fraction of sp³-hybridized carbons (Fsp3) is 0.545. The first kappa shape index (κ1) is 12.2. The fourth-order valence-electron chi connectivity index (χ4n) is 1.59. The second-order valence-corrected chi connectivity index (χ2v) is 6.04. The summed E-state index contributed by atoms with van der Waals surface area (Å²) in [5.41, 5.74) is 7.41. The molecule has 0 radical (unpaired) electrons. The molecule has 2 aromatic rings. The molecule has 0 spiro atoms. The van der Waals surface area contributed by atoms with Crippen molar-refractivity contribution in [3.8, 4) is 0 Å². The lowest BCUT2D eigenvalue weighted by Gasteiger charge is -2.09. The van der Waals surface area contributed by atoms with Crippen LogP contribution in [0.2, 0.25) is 0 Å². The Morgan fingerprint density at radius 2 is 1.94 bits per heavy atom. The highest BCUT2D eigenvalue weighted by molar-refractivity contribution is 8.00. The summed E-state index contributed by atoms with van der Waals surface area (Å²) in [7, 11) is 0. The van der Waals surface area contributed by atoms with Gasteiger partial charge in [-0.2, -0.15) is 4.98 Å². The van der Waals surface area contributed by atoms with Crippen molar-refractivity contribution in [2.45, 2.75) is 44.0 Å². The number of hydrogen-bond donors (Lipinski definition) is 1. The van der Waals surface area contributed by atoms with Gasteiger partial charge in [-0.15, -0.1) is 11.8 Å². The van der Waals surface area contributed by atoms with Gasteiger partial charge in [-0.3, -0.25) is 0 Å². The van der Waals surface area contributed by atoms with Crippen molar-refractivity contribution in [2.75, 3.05) is 5.73 Å². The number of aromatic nitrogens is 4. The van der Waals surface area contributed by atoms with Gasteiger partial charge in [0.05, 0.1) is 6.33 Å². The first-order valence-electron chi connectivity index (χ1n) is 5.65. The van der Waals surface area contributed by atoms with E-state index in [1.54, 1.807) is 18.1 Å². The van der Waals surface area contributed by atoms with Gasteiger partial charge in [0.15, 0.2) is 5.65 Å². The van der Waals surface area contributed by atoms with Gasteiger partial charge in [0.2, 0.25) is 5.95 Å². The molecule has 0 amide bonds. The van der Waals surface area contributed by atoms with Crippen molar-refractivity contribution < 1.29 is 0 Å². The third-order valence-corrected chi connectivity index (χ3v) is 3.29. The molecule has 17 heavy (non-hydrogen) atoms. The van der Waals surface area contributed by atoms with E-state index in [9.17, 15) is 0 Å². The minimum atomic E-state index is 0.308. The Hall–Kier alpha value is -1.30. The zero-order valence-corrected chi connectivity index (χ0v) is 11.3. The highest BCUT2D eigenvalue weighted by atomic mass is 32.2. The molecule has 5 nitrogen and oxygen atoms in total. The van der Waals surface area contributed by atoms with Crippen LogP contribution >= 0.6 is 11.8 Å². The van der Waals surface area contributed by atoms with E-state index in [-0.39, 0.29) is 0 Å². The topological polar surface area (TPSA) is 69.6 Å². The maximum atomic E-state index is 5.75. The normalized spacial score (nSPS) is 11.9. The van der Waals surface area contributed by atoms with Crippen LogP contribution in [0.1, 0.15) is 33.7 Å². The predicted molar refractivity (Wildman–Crippen MR) is 71.1 cm³/mol. The van der Waals surface area contributed by atoms with E-state index in [1.807, 2.05) is 4.57 Å². The van der Waals surface area contributed by atoms with Gasteiger partial charge in [0.25, 0.3) is 0 Å². The number of anilines is 1. The zero-order chi connectivity index (χ0) is 12.6. The van der Waals surface area contributed by atoms with Crippen molar-refractivity contribution in [3.63, 3.8) is 0 Å². The van der Waals surface area contributed by atoms with E-state index in [1.165, 1.54) is 0 Å². The number of nitrogen functional groups attached to an aromatic ring is 1. The Kier molecular flexibility index (Phi) is 3.24. The lowest BCUT2D eigenvalue weighted by molar-refractivity contribution is 0.613. The molecular formula is C11H17N5S. The van der Waals surface area contributed by atoms with Crippen molar-refractivity contribution >= 4 is 28.9 Å². The molecule has 0 saturated carbocycles. The molecule has 0 atom stereocenters. The molecule has 92 valence electrons. The molecule has 0 bridgehead atoms. The van der Waals surface area contributed by atoms with Gasteiger partial charge < -0.3 is 10.3 Å². The maximum Gasteiger partial charge on any atom is 0.223 e. The third kappa shape index (κ3) is 2.36. The number of nitrogens with two attached hydrogens (primary N) is 1. The fourth-order valence-corrected chi connectivity index (χ4v) is 2.44. The SMILES string of the molecule is CC(C)Sc1nc(N)nc2c1ncn2C(C)C. The molecule has 2 N–H and O–H groups in total. The molecule has 0 aliphatic heterocycles. The lowest BCUT2D eigenvalue weighted by atomic mass is 10.4. The first-order valence-corrected chi connectivity index (χ1v) is 6.53. The largest absolute Gasteiger partial charge is 0.368 e. The van der Waals surface area contributed by atoms with Crippen LogP contribution in [0.3, 0.4) is 0 Å². The number of nitrogens with zero attached hydrogens (tertiary/aromatic N) is 4. The molecule has 0 aliphatic rings. The molecule has 0 aromatic carbocycles. The van der Waals surface area contributed by atoms with Gasteiger partial charge in [-0.25, -0.2) is 9.97 Å². The molecule has 2 heterocycles. The van der Waals surface area contributed by atoms with Crippen LogP contribution in [0.25, 0.3) is 11.2 Å². The van der Waals surface area contributed by atoms with Crippen LogP contribution < -0.4 is 5.73 Å². The average molecular weight is 251 g/mol. The lowest BCUT2D eigenvalue weighted by Crippen LogP contribution is -2.04. The number of fused-ring (bicyclic) bond motifs is 1. The van der Waals surface area contributed by atoms with Crippen LogP contribution in [0.5, 0.6) is 0 Å². The Bertz CT molecular complexity index is 532.